The molecule has 0 atom stereocenters. The first-order valence-electron chi connectivity index (χ1n) is 5.69. The van der Waals surface area contributed by atoms with E-state index in [1.54, 1.807) is 17.9 Å². The largest absolute Gasteiger partial charge is 0.398 e. The molecule has 0 aliphatic carbocycles. The smallest absolute Gasteiger partial charge is 0.265 e. The number of aromatic nitrogens is 3. The molecular weight excluding hydrogens is 266 g/mol. The van der Waals surface area contributed by atoms with Crippen molar-refractivity contribution in [1.82, 2.24) is 14.8 Å². The molecule has 0 saturated carbocycles. The number of nitrogens with zero attached hydrogens (tertiary/aromatic N) is 3. The van der Waals surface area contributed by atoms with Gasteiger partial charge >= 0.3 is 0 Å². The number of pyridine rings is 1. The lowest BCUT2D eigenvalue weighted by atomic mass is 10.3. The molecule has 7 nitrogen and oxygen atoms in total. The summed E-state index contributed by atoms with van der Waals surface area (Å²) in [6.45, 7) is 1.90. The molecule has 2 aromatic heterocycles. The van der Waals surface area contributed by atoms with Crippen LogP contribution in [-0.2, 0) is 23.5 Å². The topological polar surface area (TPSA) is 103 Å². The Morgan fingerprint density at radius 3 is 2.84 bits per heavy atom. The van der Waals surface area contributed by atoms with Crippen LogP contribution in [0.25, 0.3) is 0 Å². The fraction of sp³-hybridized carbons (Fsp3) is 0.273. The third kappa shape index (κ3) is 2.68. The number of sulfonamides is 1. The Bertz CT molecular complexity index is 693. The first-order chi connectivity index (χ1) is 8.94. The average Bonchev–Trinajstić information content (AvgIpc) is 2.69. The van der Waals surface area contributed by atoms with Crippen LogP contribution in [0.1, 0.15) is 12.6 Å². The first-order valence-corrected chi connectivity index (χ1v) is 7.17. The van der Waals surface area contributed by atoms with Crippen molar-refractivity contribution in [2.75, 3.05) is 10.5 Å². The van der Waals surface area contributed by atoms with Gasteiger partial charge in [0.05, 0.1) is 17.1 Å². The maximum absolute atomic E-state index is 12.2. The van der Waals surface area contributed by atoms with Gasteiger partial charge in [-0.2, -0.15) is 5.10 Å². The minimum absolute atomic E-state index is 0.0408. The van der Waals surface area contributed by atoms with Crippen LogP contribution in [0.15, 0.2) is 29.6 Å². The number of nitrogen functional groups attached to an aromatic ring is 1. The lowest BCUT2D eigenvalue weighted by Crippen LogP contribution is -2.15. The normalized spacial score (nSPS) is 11.5. The van der Waals surface area contributed by atoms with Gasteiger partial charge in [0, 0.05) is 25.6 Å². The predicted octanol–water partition coefficient (Wildman–Crippen LogP) is 0.761. The van der Waals surface area contributed by atoms with Crippen molar-refractivity contribution in [1.29, 1.82) is 0 Å². The van der Waals surface area contributed by atoms with Gasteiger partial charge in [0.2, 0.25) is 0 Å². The highest BCUT2D eigenvalue weighted by Gasteiger charge is 2.20. The molecule has 2 aromatic rings. The standard InChI is InChI=1S/C11H15N5O2S/c1-3-9-10(7-16(2)14-9)15-19(17,18)11-6-13-5-4-8(11)12/h4-7,15H,3H2,1-2H3,(H2,12,13). The fourth-order valence-corrected chi connectivity index (χ4v) is 2.84. The highest BCUT2D eigenvalue weighted by Crippen LogP contribution is 2.22. The van der Waals surface area contributed by atoms with Crippen molar-refractivity contribution in [2.24, 2.45) is 7.05 Å². The molecule has 0 unspecified atom stereocenters. The number of nitrogens with two attached hydrogens (primary N) is 1. The van der Waals surface area contributed by atoms with Gasteiger partial charge in [-0.3, -0.25) is 14.4 Å². The SMILES string of the molecule is CCc1nn(C)cc1NS(=O)(=O)c1cnccc1N. The summed E-state index contributed by atoms with van der Waals surface area (Å²) >= 11 is 0. The van der Waals surface area contributed by atoms with Crippen LogP contribution < -0.4 is 10.5 Å². The number of rotatable bonds is 4. The Kier molecular flexibility index (Phi) is 3.43. The molecule has 0 saturated heterocycles. The van der Waals surface area contributed by atoms with Crippen molar-refractivity contribution >= 4 is 21.4 Å². The van der Waals surface area contributed by atoms with E-state index in [1.807, 2.05) is 6.92 Å². The Balaban J connectivity index is 2.39. The molecule has 0 aromatic carbocycles. The Morgan fingerprint density at radius 2 is 2.21 bits per heavy atom. The quantitative estimate of drug-likeness (QED) is 0.861. The Hall–Kier alpha value is -2.09. The molecular formula is C11H15N5O2S. The van der Waals surface area contributed by atoms with Crippen LogP contribution in [0.3, 0.4) is 0 Å². The summed E-state index contributed by atoms with van der Waals surface area (Å²) in [5.74, 6) is 0. The predicted molar refractivity (Wildman–Crippen MR) is 72.0 cm³/mol. The lowest BCUT2D eigenvalue weighted by Gasteiger charge is -2.08. The maximum atomic E-state index is 12.2. The molecule has 3 N–H and O–H groups in total. The second-order valence-corrected chi connectivity index (χ2v) is 5.69. The number of aryl methyl sites for hydroxylation is 2. The molecule has 0 aliphatic rings. The number of anilines is 2. The fourth-order valence-electron chi connectivity index (χ4n) is 1.70. The summed E-state index contributed by atoms with van der Waals surface area (Å²) in [4.78, 5) is 3.74. The van der Waals surface area contributed by atoms with Crippen molar-refractivity contribution < 1.29 is 8.42 Å². The average molecular weight is 281 g/mol. The minimum Gasteiger partial charge on any atom is -0.398 e. The van der Waals surface area contributed by atoms with Crippen molar-refractivity contribution in [3.63, 3.8) is 0 Å². The third-order valence-electron chi connectivity index (χ3n) is 2.59. The van der Waals surface area contributed by atoms with Gasteiger partial charge in [0.25, 0.3) is 10.0 Å². The number of hydrogen-bond donors (Lipinski definition) is 2. The third-order valence-corrected chi connectivity index (χ3v) is 4.00. The van der Waals surface area contributed by atoms with Gasteiger partial charge in [-0.25, -0.2) is 8.42 Å². The van der Waals surface area contributed by atoms with Crippen LogP contribution in [-0.4, -0.2) is 23.2 Å². The molecule has 0 aliphatic heterocycles. The molecule has 2 heterocycles. The Morgan fingerprint density at radius 1 is 1.47 bits per heavy atom. The number of nitrogens with one attached hydrogen (secondary N) is 1. The highest BCUT2D eigenvalue weighted by molar-refractivity contribution is 7.92. The summed E-state index contributed by atoms with van der Waals surface area (Å²) in [7, 11) is -2.02. The first kappa shape index (κ1) is 13.3. The molecule has 0 fully saturated rings. The van der Waals surface area contributed by atoms with Gasteiger partial charge in [0.1, 0.15) is 4.90 Å². The van der Waals surface area contributed by atoms with E-state index in [-0.39, 0.29) is 10.6 Å². The highest BCUT2D eigenvalue weighted by atomic mass is 32.2. The summed E-state index contributed by atoms with van der Waals surface area (Å²) < 4.78 is 28.5. The zero-order chi connectivity index (χ0) is 14.0. The van der Waals surface area contributed by atoms with Crippen molar-refractivity contribution in [2.45, 2.75) is 18.2 Å². The molecule has 2 rings (SSSR count). The Labute approximate surface area is 111 Å². The van der Waals surface area contributed by atoms with E-state index in [1.165, 1.54) is 18.5 Å². The lowest BCUT2D eigenvalue weighted by molar-refractivity contribution is 0.601. The van der Waals surface area contributed by atoms with Crippen LogP contribution in [0, 0.1) is 0 Å². The van der Waals surface area contributed by atoms with E-state index in [4.69, 9.17) is 5.73 Å². The van der Waals surface area contributed by atoms with Gasteiger partial charge in [-0.15, -0.1) is 0 Å². The summed E-state index contributed by atoms with van der Waals surface area (Å²) in [5, 5.41) is 4.17. The van der Waals surface area contributed by atoms with Crippen LogP contribution in [0.4, 0.5) is 11.4 Å². The van der Waals surface area contributed by atoms with Gasteiger partial charge < -0.3 is 5.73 Å². The van der Waals surface area contributed by atoms with E-state index in [2.05, 4.69) is 14.8 Å². The molecule has 102 valence electrons. The second-order valence-electron chi connectivity index (χ2n) is 4.04. The van der Waals surface area contributed by atoms with E-state index in [9.17, 15) is 8.42 Å². The molecule has 19 heavy (non-hydrogen) atoms. The maximum Gasteiger partial charge on any atom is 0.265 e. The summed E-state index contributed by atoms with van der Waals surface area (Å²) in [5.41, 5.74) is 6.94. The zero-order valence-electron chi connectivity index (χ0n) is 10.7. The molecule has 0 amide bonds. The van der Waals surface area contributed by atoms with E-state index < -0.39 is 10.0 Å². The van der Waals surface area contributed by atoms with E-state index >= 15 is 0 Å². The van der Waals surface area contributed by atoms with Crippen molar-refractivity contribution in [3.8, 4) is 0 Å². The van der Waals surface area contributed by atoms with Crippen LogP contribution in [0.2, 0.25) is 0 Å². The summed E-state index contributed by atoms with van der Waals surface area (Å²) in [6.07, 6.45) is 4.90. The van der Waals surface area contributed by atoms with Gasteiger partial charge in [-0.1, -0.05) is 6.92 Å². The minimum atomic E-state index is -3.75. The molecule has 8 heteroatoms. The molecule has 0 bridgehead atoms. The van der Waals surface area contributed by atoms with Crippen LogP contribution in [0.5, 0.6) is 0 Å². The van der Waals surface area contributed by atoms with E-state index in [0.717, 1.165) is 0 Å². The monoisotopic (exact) mass is 281 g/mol. The van der Waals surface area contributed by atoms with Crippen molar-refractivity contribution in [3.05, 3.63) is 30.4 Å². The van der Waals surface area contributed by atoms with Gasteiger partial charge in [0.15, 0.2) is 0 Å². The van der Waals surface area contributed by atoms with E-state index in [0.29, 0.717) is 17.8 Å². The second kappa shape index (κ2) is 4.88. The number of hydrogen-bond acceptors (Lipinski definition) is 5. The summed E-state index contributed by atoms with van der Waals surface area (Å²) in [6, 6.07) is 1.44. The molecule has 0 radical (unpaired) electrons. The van der Waals surface area contributed by atoms with Crippen LogP contribution >= 0.6 is 0 Å². The molecule has 0 spiro atoms. The zero-order valence-corrected chi connectivity index (χ0v) is 11.5. The van der Waals surface area contributed by atoms with Gasteiger partial charge in [-0.05, 0) is 12.5 Å².